The van der Waals surface area contributed by atoms with Crippen LogP contribution < -0.4 is 0 Å². The van der Waals surface area contributed by atoms with Crippen molar-refractivity contribution >= 4 is 11.6 Å². The van der Waals surface area contributed by atoms with Crippen LogP contribution in [0.5, 0.6) is 17.2 Å². The van der Waals surface area contributed by atoms with Crippen molar-refractivity contribution in [1.82, 2.24) is 0 Å². The first-order valence-electron chi connectivity index (χ1n) is 6.65. The second kappa shape index (κ2) is 3.58. The Morgan fingerprint density at radius 1 is 0.842 bits per heavy atom. The zero-order chi connectivity index (χ0) is 15.9. The molecular weight excluding hydrogens is 248 g/mol. The summed E-state index contributed by atoms with van der Waals surface area (Å²) >= 11 is 0. The molecule has 2 aromatic rings. The first kappa shape index (κ1) is 8.31. The molecule has 0 saturated heterocycles. The van der Waals surface area contributed by atoms with Gasteiger partial charge in [-0.1, -0.05) is 24.3 Å². The van der Waals surface area contributed by atoms with E-state index in [9.17, 15) is 9.59 Å². The predicted molar refractivity (Wildman–Crippen MR) is 64.7 cm³/mol. The molecule has 0 heterocycles. The molecule has 0 saturated carbocycles. The Balaban J connectivity index is 2.40. The Labute approximate surface area is 111 Å². The molecule has 0 spiro atoms. The van der Waals surface area contributed by atoms with Crippen molar-refractivity contribution in [2.75, 3.05) is 0 Å². The van der Waals surface area contributed by atoms with Crippen LogP contribution in [0.2, 0.25) is 0 Å². The number of benzene rings is 2. The minimum absolute atomic E-state index is 0.149. The molecule has 0 bridgehead atoms. The van der Waals surface area contributed by atoms with Gasteiger partial charge in [0.2, 0.25) is 0 Å². The van der Waals surface area contributed by atoms with Gasteiger partial charge in [-0.05, 0) is 0 Å². The van der Waals surface area contributed by atoms with Gasteiger partial charge >= 0.3 is 0 Å². The third-order valence-corrected chi connectivity index (χ3v) is 3.08. The Bertz CT molecular complexity index is 803. The number of fused-ring (bicyclic) bond motifs is 2. The van der Waals surface area contributed by atoms with Gasteiger partial charge in [-0.25, -0.2) is 0 Å². The lowest BCUT2D eigenvalue weighted by Crippen LogP contribution is -2.21. The maximum absolute atomic E-state index is 12.6. The molecule has 0 radical (unpaired) electrons. The standard InChI is InChI=1S/C14H8O5/c15-8-5-9(16)14(19)11-10(8)12(17)6-3-1-2-4-7(6)13(11)18/h1-5,15-16,19H/i/hD3. The molecule has 5 heteroatoms. The zero-order valence-electron chi connectivity index (χ0n) is 12.4. The Morgan fingerprint density at radius 2 is 1.47 bits per heavy atom. The highest BCUT2D eigenvalue weighted by Crippen LogP contribution is 2.42. The molecule has 1 aliphatic rings. The van der Waals surface area contributed by atoms with E-state index in [4.69, 9.17) is 4.29 Å². The van der Waals surface area contributed by atoms with Crippen LogP contribution in [-0.2, 0) is 0 Å². The van der Waals surface area contributed by atoms with Crippen LogP contribution >= 0.6 is 0 Å². The quantitative estimate of drug-likeness (QED) is 0.490. The molecule has 0 aliphatic heterocycles. The van der Waals surface area contributed by atoms with E-state index in [1.807, 2.05) is 0 Å². The van der Waals surface area contributed by atoms with Gasteiger partial charge in [0.05, 0.1) is 11.1 Å². The zero-order valence-corrected chi connectivity index (χ0v) is 9.43. The fourth-order valence-electron chi connectivity index (χ4n) is 2.21. The Hall–Kier alpha value is -2.82. The van der Waals surface area contributed by atoms with Crippen molar-refractivity contribution < 1.29 is 24.9 Å². The number of hydrogen-bond donors (Lipinski definition) is 3. The molecule has 0 fully saturated rings. The number of rotatable bonds is 3. The van der Waals surface area contributed by atoms with Gasteiger partial charge in [-0.15, -0.1) is 0 Å². The van der Waals surface area contributed by atoms with Gasteiger partial charge in [0.15, 0.2) is 23.1 Å². The van der Waals surface area contributed by atoms with Crippen LogP contribution in [0, 0.1) is 0 Å². The number of carbonyl (C=O) groups is 2. The van der Waals surface area contributed by atoms with Crippen molar-refractivity contribution in [3.63, 3.8) is 0 Å². The van der Waals surface area contributed by atoms with Gasteiger partial charge < -0.3 is 15.3 Å². The molecule has 1 aliphatic carbocycles. The highest BCUT2D eigenvalue weighted by Gasteiger charge is 2.35. The van der Waals surface area contributed by atoms with Crippen LogP contribution in [0.15, 0.2) is 30.3 Å². The molecule has 0 amide bonds. The van der Waals surface area contributed by atoms with E-state index < -0.39 is 11.6 Å². The van der Waals surface area contributed by atoms with Gasteiger partial charge in [0.25, 0.3) is 4.29 Å². The number of phenolic OH excluding ortho intramolecular Hbond substituents is 3. The normalized spacial score (nSPS) is 14.6. The summed E-state index contributed by atoms with van der Waals surface area (Å²) in [6.45, 7) is 0. The number of carbonyl (C=O) groups excluding carboxylic acids is 2. The van der Waals surface area contributed by atoms with E-state index >= 15 is 0 Å². The van der Waals surface area contributed by atoms with Gasteiger partial charge in [-0.2, -0.15) is 0 Å². The number of aromatic hydroxyl groups is 3. The Kier molecular flexibility index (Phi) is 1.57. The van der Waals surface area contributed by atoms with Crippen LogP contribution in [-0.4, -0.2) is 31.2 Å². The molecule has 19 heavy (non-hydrogen) atoms. The Morgan fingerprint density at radius 3 is 2.05 bits per heavy atom. The van der Waals surface area contributed by atoms with E-state index in [0.29, 0.717) is 0 Å². The van der Waals surface area contributed by atoms with Crippen molar-refractivity contribution in [2.45, 2.75) is 0 Å². The maximum atomic E-state index is 12.6. The van der Waals surface area contributed by atoms with Gasteiger partial charge in [-0.3, -0.25) is 9.59 Å². The van der Waals surface area contributed by atoms with Crippen molar-refractivity contribution in [3.8, 4) is 17.2 Å². The molecule has 2 aromatic carbocycles. The smallest absolute Gasteiger partial charge is 0.293 e. The van der Waals surface area contributed by atoms with Crippen LogP contribution in [0.3, 0.4) is 0 Å². The number of phenols is 3. The van der Waals surface area contributed by atoms with Crippen LogP contribution in [0.25, 0.3) is 0 Å². The lowest BCUT2D eigenvalue weighted by molar-refractivity contribution is 0.0973. The second-order valence-corrected chi connectivity index (χ2v) is 4.16. The summed E-state index contributed by atoms with van der Waals surface area (Å²) in [7, 11) is 0. The molecule has 3 N–H and O–H groups in total. The lowest BCUT2D eigenvalue weighted by atomic mass is 9.83. The summed E-state index contributed by atoms with van der Waals surface area (Å²) < 4.78 is 21.1. The van der Waals surface area contributed by atoms with E-state index in [1.165, 1.54) is 12.1 Å². The molecule has 0 unspecified atom stereocenters. The van der Waals surface area contributed by atoms with E-state index in [-0.39, 0.29) is 39.5 Å². The number of ketones is 2. The molecule has 5 nitrogen and oxygen atoms in total. The highest BCUT2D eigenvalue weighted by atomic mass is 16.3. The highest BCUT2D eigenvalue weighted by molar-refractivity contribution is 6.30. The third-order valence-electron chi connectivity index (χ3n) is 3.08. The second-order valence-electron chi connectivity index (χ2n) is 4.16. The van der Waals surface area contributed by atoms with Crippen LogP contribution in [0.4, 0.5) is 0 Å². The van der Waals surface area contributed by atoms with E-state index in [1.54, 1.807) is 12.1 Å². The largest absolute Gasteiger partial charge is 0.507 e. The fraction of sp³-hybridized carbons (Fsp3) is 0. The molecule has 94 valence electrons. The van der Waals surface area contributed by atoms with Gasteiger partial charge in [0.1, 0.15) is 5.75 Å². The summed E-state index contributed by atoms with van der Waals surface area (Å²) in [6, 6.07) is 7.23. The summed E-state index contributed by atoms with van der Waals surface area (Å²) in [5.74, 6) is -1.99. The summed E-state index contributed by atoms with van der Waals surface area (Å²) in [4.78, 5) is 25.2. The first-order chi connectivity index (χ1) is 10.6. The summed E-state index contributed by atoms with van der Waals surface area (Å²) in [6.07, 6.45) is 0. The van der Waals surface area contributed by atoms with Crippen molar-refractivity contribution in [1.29, 1.82) is 4.29 Å². The average molecular weight is 259 g/mol. The van der Waals surface area contributed by atoms with E-state index in [0.717, 1.165) is 6.07 Å². The average Bonchev–Trinajstić information content (AvgIpc) is 2.57. The monoisotopic (exact) mass is 259 g/mol. The fourth-order valence-corrected chi connectivity index (χ4v) is 2.21. The molecule has 0 atom stereocenters. The SMILES string of the molecule is [2H]Oc1cc(O[2H])c2c(c1O[2H])C(=O)c1ccccc1C2=O. The number of hydrogen-bond acceptors (Lipinski definition) is 5. The minimum atomic E-state index is -0.565. The van der Waals surface area contributed by atoms with Crippen LogP contribution in [0.1, 0.15) is 31.8 Å². The predicted octanol–water partition coefficient (Wildman–Crippen LogP) is 1.58. The van der Waals surface area contributed by atoms with E-state index in [2.05, 4.69) is 15.3 Å². The maximum Gasteiger partial charge on any atom is 0.293 e. The van der Waals surface area contributed by atoms with Gasteiger partial charge in [0, 0.05) is 17.2 Å². The first-order valence-corrected chi connectivity index (χ1v) is 5.43. The molecule has 0 aromatic heterocycles. The third kappa shape index (κ3) is 1.35. The minimum Gasteiger partial charge on any atom is -0.507 e. The summed E-state index contributed by atoms with van der Waals surface area (Å²) in [5.41, 5.74) is -0.0995. The molecule has 3 rings (SSSR count). The lowest BCUT2D eigenvalue weighted by Gasteiger charge is -2.19. The van der Waals surface area contributed by atoms with Crippen molar-refractivity contribution in [3.05, 3.63) is 52.6 Å². The molecular formula is C14H8O5. The topological polar surface area (TPSA) is 94.8 Å². The summed E-state index contributed by atoms with van der Waals surface area (Å²) in [5, 5.41) is 13.1. The van der Waals surface area contributed by atoms with Crippen molar-refractivity contribution in [2.24, 2.45) is 0 Å².